The van der Waals surface area contributed by atoms with Crippen molar-refractivity contribution >= 4 is 23.4 Å². The molecule has 2 aromatic heterocycles. The number of nitrogens with one attached hydrogen (secondary N) is 1. The van der Waals surface area contributed by atoms with Crippen LogP contribution in [0.3, 0.4) is 0 Å². The van der Waals surface area contributed by atoms with Crippen LogP contribution in [0.1, 0.15) is 16.1 Å². The number of halogens is 3. The number of hydrogen-bond donors (Lipinski definition) is 2. The molecule has 10 heteroatoms. The molecular formula is C9H6F3N3O3S. The smallest absolute Gasteiger partial charge is 0.433 e. The summed E-state index contributed by atoms with van der Waals surface area (Å²) >= 11 is 0.954. The Labute approximate surface area is 107 Å². The number of fused-ring (bicyclic) bond motifs is 1. The van der Waals surface area contributed by atoms with Crippen LogP contribution in [0.25, 0.3) is 5.65 Å². The molecule has 0 atom stereocenters. The Morgan fingerprint density at radius 3 is 2.63 bits per heavy atom. The molecule has 2 heterocycles. The SMILES string of the molecule is CSc1[nH]n2c(=O)cc(C(F)(F)F)nc2c1C(=O)O. The van der Waals surface area contributed by atoms with Crippen LogP contribution in [0.4, 0.5) is 13.2 Å². The van der Waals surface area contributed by atoms with Crippen molar-refractivity contribution in [2.75, 3.05) is 6.26 Å². The molecule has 6 nitrogen and oxygen atoms in total. The number of rotatable bonds is 2. The van der Waals surface area contributed by atoms with Crippen LogP contribution in [-0.4, -0.2) is 31.9 Å². The number of carboxylic acids is 1. The Morgan fingerprint density at radius 1 is 1.53 bits per heavy atom. The zero-order valence-electron chi connectivity index (χ0n) is 9.28. The minimum absolute atomic E-state index is 0.0522. The van der Waals surface area contributed by atoms with Crippen molar-refractivity contribution in [3.63, 3.8) is 0 Å². The molecule has 0 aliphatic rings. The van der Waals surface area contributed by atoms with Gasteiger partial charge in [0.25, 0.3) is 5.56 Å². The van der Waals surface area contributed by atoms with Gasteiger partial charge in [0.05, 0.1) is 0 Å². The Balaban J connectivity index is 2.89. The van der Waals surface area contributed by atoms with Crippen molar-refractivity contribution in [3.05, 3.63) is 27.7 Å². The topological polar surface area (TPSA) is 87.5 Å². The first kappa shape index (κ1) is 13.5. The lowest BCUT2D eigenvalue weighted by molar-refractivity contribution is -0.141. The molecule has 102 valence electrons. The highest BCUT2D eigenvalue weighted by molar-refractivity contribution is 7.98. The van der Waals surface area contributed by atoms with Crippen molar-refractivity contribution in [1.29, 1.82) is 0 Å². The maximum atomic E-state index is 12.5. The largest absolute Gasteiger partial charge is 0.477 e. The van der Waals surface area contributed by atoms with E-state index in [1.165, 1.54) is 6.26 Å². The number of aromatic amines is 1. The standard InChI is InChI=1S/C9H6F3N3O3S/c1-19-7-5(8(17)18)6-13-3(9(10,11)12)2-4(16)15(6)14-7/h2,14H,1H3,(H,17,18). The average Bonchev–Trinajstić information content (AvgIpc) is 2.66. The second-order valence-electron chi connectivity index (χ2n) is 3.46. The van der Waals surface area contributed by atoms with Crippen LogP contribution in [0, 0.1) is 0 Å². The normalized spacial score (nSPS) is 12.0. The van der Waals surface area contributed by atoms with Gasteiger partial charge < -0.3 is 5.11 Å². The molecular weight excluding hydrogens is 287 g/mol. The van der Waals surface area contributed by atoms with Crippen LogP contribution >= 0.6 is 11.8 Å². The van der Waals surface area contributed by atoms with Gasteiger partial charge in [0.15, 0.2) is 11.3 Å². The van der Waals surface area contributed by atoms with Gasteiger partial charge in [-0.25, -0.2) is 9.78 Å². The van der Waals surface area contributed by atoms with E-state index in [-0.39, 0.29) is 5.03 Å². The van der Waals surface area contributed by atoms with Crippen LogP contribution in [-0.2, 0) is 6.18 Å². The molecule has 0 aromatic carbocycles. The summed E-state index contributed by atoms with van der Waals surface area (Å²) in [6, 6.07) is 0.305. The van der Waals surface area contributed by atoms with Crippen molar-refractivity contribution in [2.45, 2.75) is 11.2 Å². The van der Waals surface area contributed by atoms with Crippen molar-refractivity contribution in [3.8, 4) is 0 Å². The number of H-pyrrole nitrogens is 1. The van der Waals surface area contributed by atoms with E-state index in [2.05, 4.69) is 10.1 Å². The summed E-state index contributed by atoms with van der Waals surface area (Å²) in [5, 5.41) is 11.4. The number of aromatic carboxylic acids is 1. The van der Waals surface area contributed by atoms with E-state index >= 15 is 0 Å². The van der Waals surface area contributed by atoms with Gasteiger partial charge in [-0.3, -0.25) is 9.89 Å². The number of thioether (sulfide) groups is 1. The van der Waals surface area contributed by atoms with E-state index < -0.39 is 34.6 Å². The van der Waals surface area contributed by atoms with E-state index in [1.54, 1.807) is 0 Å². The van der Waals surface area contributed by atoms with Crippen molar-refractivity contribution < 1.29 is 23.1 Å². The summed E-state index contributed by atoms with van der Waals surface area (Å²) < 4.78 is 38.3. The molecule has 0 aliphatic heterocycles. The van der Waals surface area contributed by atoms with Gasteiger partial charge in [-0.15, -0.1) is 11.8 Å². The Kier molecular flexibility index (Phi) is 3.04. The second-order valence-corrected chi connectivity index (χ2v) is 4.28. The molecule has 0 radical (unpaired) electrons. The fourth-order valence-electron chi connectivity index (χ4n) is 1.50. The Morgan fingerprint density at radius 2 is 2.16 bits per heavy atom. The summed E-state index contributed by atoms with van der Waals surface area (Å²) in [6.07, 6.45) is -3.30. The molecule has 0 saturated heterocycles. The molecule has 2 N–H and O–H groups in total. The lowest BCUT2D eigenvalue weighted by Gasteiger charge is -2.04. The summed E-state index contributed by atoms with van der Waals surface area (Å²) in [6.45, 7) is 0. The summed E-state index contributed by atoms with van der Waals surface area (Å²) in [5.41, 5.74) is -3.47. The van der Waals surface area contributed by atoms with Crippen molar-refractivity contribution in [1.82, 2.24) is 14.6 Å². The summed E-state index contributed by atoms with van der Waals surface area (Å²) in [5.74, 6) is -1.46. The number of aromatic nitrogens is 3. The third kappa shape index (κ3) is 2.18. The van der Waals surface area contributed by atoms with Gasteiger partial charge in [0.2, 0.25) is 0 Å². The molecule has 0 saturated carbocycles. The fraction of sp³-hybridized carbons (Fsp3) is 0.222. The number of nitrogens with zero attached hydrogens (tertiary/aromatic N) is 2. The third-order valence-corrected chi connectivity index (χ3v) is 2.99. The van der Waals surface area contributed by atoms with Crippen LogP contribution < -0.4 is 5.56 Å². The minimum Gasteiger partial charge on any atom is -0.477 e. The highest BCUT2D eigenvalue weighted by Gasteiger charge is 2.34. The fourth-order valence-corrected chi connectivity index (χ4v) is 2.07. The van der Waals surface area contributed by atoms with Gasteiger partial charge in [0, 0.05) is 6.07 Å². The predicted octanol–water partition coefficient (Wildman–Crippen LogP) is 1.46. The van der Waals surface area contributed by atoms with E-state index in [1.807, 2.05) is 0 Å². The van der Waals surface area contributed by atoms with E-state index in [0.717, 1.165) is 11.8 Å². The van der Waals surface area contributed by atoms with Gasteiger partial charge in [-0.2, -0.15) is 17.7 Å². The van der Waals surface area contributed by atoms with Crippen LogP contribution in [0.2, 0.25) is 0 Å². The lowest BCUT2D eigenvalue weighted by atomic mass is 10.3. The lowest BCUT2D eigenvalue weighted by Crippen LogP contribution is -2.20. The maximum Gasteiger partial charge on any atom is 0.433 e. The van der Waals surface area contributed by atoms with E-state index in [0.29, 0.717) is 10.6 Å². The van der Waals surface area contributed by atoms with E-state index in [4.69, 9.17) is 5.11 Å². The Bertz CT molecular complexity index is 719. The molecule has 2 aromatic rings. The van der Waals surface area contributed by atoms with Crippen LogP contribution in [0.5, 0.6) is 0 Å². The molecule has 0 amide bonds. The number of carboxylic acid groups (broad SMARTS) is 1. The summed E-state index contributed by atoms with van der Waals surface area (Å²) in [4.78, 5) is 25.8. The van der Waals surface area contributed by atoms with Gasteiger partial charge in [0.1, 0.15) is 10.6 Å². The first-order valence-electron chi connectivity index (χ1n) is 4.76. The molecule has 0 aliphatic carbocycles. The van der Waals surface area contributed by atoms with Crippen molar-refractivity contribution in [2.24, 2.45) is 0 Å². The van der Waals surface area contributed by atoms with Gasteiger partial charge in [-0.05, 0) is 6.26 Å². The zero-order chi connectivity index (χ0) is 14.4. The minimum atomic E-state index is -4.82. The second kappa shape index (κ2) is 4.30. The summed E-state index contributed by atoms with van der Waals surface area (Å²) in [7, 11) is 0. The highest BCUT2D eigenvalue weighted by Crippen LogP contribution is 2.28. The van der Waals surface area contributed by atoms with Gasteiger partial charge >= 0.3 is 12.1 Å². The molecule has 2 rings (SSSR count). The Hall–Kier alpha value is -1.97. The third-order valence-electron chi connectivity index (χ3n) is 2.29. The zero-order valence-corrected chi connectivity index (χ0v) is 10.1. The monoisotopic (exact) mass is 293 g/mol. The molecule has 0 spiro atoms. The maximum absolute atomic E-state index is 12.5. The van der Waals surface area contributed by atoms with Crippen LogP contribution in [0.15, 0.2) is 15.9 Å². The molecule has 0 bridgehead atoms. The highest BCUT2D eigenvalue weighted by atomic mass is 32.2. The average molecular weight is 293 g/mol. The molecule has 0 fully saturated rings. The molecule has 19 heavy (non-hydrogen) atoms. The number of hydrogen-bond acceptors (Lipinski definition) is 4. The number of carbonyl (C=O) groups is 1. The van der Waals surface area contributed by atoms with E-state index in [9.17, 15) is 22.8 Å². The predicted molar refractivity (Wildman–Crippen MR) is 59.6 cm³/mol. The first-order valence-corrected chi connectivity index (χ1v) is 5.98. The quantitative estimate of drug-likeness (QED) is 0.818. The first-order chi connectivity index (χ1) is 8.75. The van der Waals surface area contributed by atoms with Gasteiger partial charge in [-0.1, -0.05) is 0 Å². The molecule has 0 unspecified atom stereocenters. The number of alkyl halides is 3.